The first-order valence-electron chi connectivity index (χ1n) is 13.1. The molecule has 2 saturated carbocycles. The number of alkyl halides is 3. The highest BCUT2D eigenvalue weighted by atomic mass is 19.4. The topological polar surface area (TPSA) is 62.3 Å². The van der Waals surface area contributed by atoms with Crippen molar-refractivity contribution in [3.05, 3.63) is 35.2 Å². The summed E-state index contributed by atoms with van der Waals surface area (Å²) in [5.41, 5.74) is 1.86. The Morgan fingerprint density at radius 2 is 1.92 bits per heavy atom. The molecule has 5 nitrogen and oxygen atoms in total. The quantitative estimate of drug-likeness (QED) is 0.518. The normalized spacial score (nSPS) is 36.3. The maximum absolute atomic E-state index is 12.9. The molecule has 1 aromatic rings. The van der Waals surface area contributed by atoms with Crippen LogP contribution in [0.4, 0.5) is 19.0 Å². The highest BCUT2D eigenvalue weighted by molar-refractivity contribution is 5.90. The minimum absolute atomic E-state index is 0.0285. The number of amides is 2. The molecule has 196 valence electrons. The van der Waals surface area contributed by atoms with Crippen LogP contribution in [0.5, 0.6) is 0 Å². The van der Waals surface area contributed by atoms with Crippen LogP contribution < -0.4 is 5.32 Å². The first-order chi connectivity index (χ1) is 16.8. The van der Waals surface area contributed by atoms with Crippen molar-refractivity contribution in [1.82, 2.24) is 9.88 Å². The molecule has 1 saturated heterocycles. The van der Waals surface area contributed by atoms with Gasteiger partial charge in [0.2, 0.25) is 11.8 Å². The smallest absolute Gasteiger partial charge is 0.319 e. The van der Waals surface area contributed by atoms with Crippen molar-refractivity contribution in [3.8, 4) is 0 Å². The third kappa shape index (κ3) is 3.95. The Bertz CT molecular complexity index is 1100. The molecule has 0 aromatic carbocycles. The SMILES string of the molecule is CC1=C2N(C)C(=O)CC[C@]2(C)C2CC[C@]3(C)[C@@H](CC(=O)Nc4ccc(C(F)(F)F)cn4)CC[C@H]3C2C1. The van der Waals surface area contributed by atoms with Gasteiger partial charge in [0.15, 0.2) is 0 Å². The summed E-state index contributed by atoms with van der Waals surface area (Å²) >= 11 is 0. The molecule has 0 spiro atoms. The summed E-state index contributed by atoms with van der Waals surface area (Å²) in [6, 6.07) is 2.16. The molecule has 3 aliphatic carbocycles. The summed E-state index contributed by atoms with van der Waals surface area (Å²) in [5, 5.41) is 2.71. The zero-order valence-corrected chi connectivity index (χ0v) is 21.5. The van der Waals surface area contributed by atoms with Crippen LogP contribution in [0.3, 0.4) is 0 Å². The maximum atomic E-state index is 12.9. The second kappa shape index (κ2) is 8.59. The number of carbonyl (C=O) groups is 2. The highest BCUT2D eigenvalue weighted by Crippen LogP contribution is 2.67. The molecule has 2 heterocycles. The van der Waals surface area contributed by atoms with Crippen LogP contribution in [0.25, 0.3) is 0 Å². The van der Waals surface area contributed by atoms with Gasteiger partial charge in [0, 0.05) is 37.2 Å². The highest BCUT2D eigenvalue weighted by Gasteiger charge is 2.60. The number of nitrogens with one attached hydrogen (secondary N) is 1. The van der Waals surface area contributed by atoms with Crippen molar-refractivity contribution in [3.63, 3.8) is 0 Å². The molecular weight excluding hydrogens is 467 g/mol. The van der Waals surface area contributed by atoms with Gasteiger partial charge < -0.3 is 10.2 Å². The van der Waals surface area contributed by atoms with E-state index in [9.17, 15) is 22.8 Å². The van der Waals surface area contributed by atoms with Gasteiger partial charge in [-0.1, -0.05) is 19.4 Å². The van der Waals surface area contributed by atoms with Crippen molar-refractivity contribution in [2.24, 2.45) is 34.5 Å². The number of likely N-dealkylation sites (tertiary alicyclic amines) is 1. The van der Waals surface area contributed by atoms with Gasteiger partial charge in [-0.05, 0) is 86.7 Å². The number of hydrogen-bond donors (Lipinski definition) is 1. The summed E-state index contributed by atoms with van der Waals surface area (Å²) in [6.07, 6.45) is 3.46. The van der Waals surface area contributed by atoms with Crippen LogP contribution in [0, 0.1) is 34.5 Å². The summed E-state index contributed by atoms with van der Waals surface area (Å²) in [7, 11) is 1.93. The van der Waals surface area contributed by atoms with E-state index in [4.69, 9.17) is 0 Å². The summed E-state index contributed by atoms with van der Waals surface area (Å²) in [5.74, 6) is 2.08. The zero-order valence-electron chi connectivity index (χ0n) is 21.5. The molecule has 2 unspecified atom stereocenters. The van der Waals surface area contributed by atoms with Gasteiger partial charge in [-0.25, -0.2) is 4.98 Å². The van der Waals surface area contributed by atoms with E-state index < -0.39 is 11.7 Å². The van der Waals surface area contributed by atoms with Crippen molar-refractivity contribution in [1.29, 1.82) is 0 Å². The second-order valence-electron chi connectivity index (χ2n) is 12.1. The van der Waals surface area contributed by atoms with E-state index in [-0.39, 0.29) is 34.4 Å². The van der Waals surface area contributed by atoms with Crippen molar-refractivity contribution < 1.29 is 22.8 Å². The fourth-order valence-electron chi connectivity index (χ4n) is 8.61. The Morgan fingerprint density at radius 3 is 2.58 bits per heavy atom. The Balaban J connectivity index is 1.30. The number of hydrogen-bond acceptors (Lipinski definition) is 3. The fraction of sp³-hybridized carbons (Fsp3) is 0.679. The molecule has 36 heavy (non-hydrogen) atoms. The van der Waals surface area contributed by atoms with E-state index in [1.807, 2.05) is 11.9 Å². The number of fused-ring (bicyclic) bond motifs is 5. The first kappa shape index (κ1) is 25.3. The molecule has 1 N–H and O–H groups in total. The number of anilines is 1. The lowest BCUT2D eigenvalue weighted by molar-refractivity contribution is -0.138. The van der Waals surface area contributed by atoms with E-state index in [1.165, 1.54) is 17.3 Å². The third-order valence-electron chi connectivity index (χ3n) is 10.3. The average molecular weight is 504 g/mol. The van der Waals surface area contributed by atoms with E-state index in [2.05, 4.69) is 31.1 Å². The minimum atomic E-state index is -4.45. The molecule has 6 atom stereocenters. The maximum Gasteiger partial charge on any atom is 0.417 e. The monoisotopic (exact) mass is 503 g/mol. The number of rotatable bonds is 3. The molecule has 4 aliphatic rings. The standard InChI is InChI=1S/C28H36F3N3O2/c1-16-13-19-20-7-5-17(14-23(35)33-22-8-6-18(15-32-22)28(29,30)31)26(20,2)11-9-21(19)27(3)12-10-24(36)34(4)25(16)27/h6,8,15,17,19-21H,5,7,9-14H2,1-4H3,(H,32,33,35)/t17-,19?,20+,21?,26-,27-/m1/s1. The van der Waals surface area contributed by atoms with E-state index in [0.29, 0.717) is 30.6 Å². The Kier molecular flexibility index (Phi) is 6.03. The Morgan fingerprint density at radius 1 is 1.17 bits per heavy atom. The van der Waals surface area contributed by atoms with Crippen LogP contribution in [-0.4, -0.2) is 28.7 Å². The number of pyridine rings is 1. The zero-order chi connectivity index (χ0) is 26.0. The molecule has 0 radical (unpaired) electrons. The molecular formula is C28H36F3N3O2. The predicted molar refractivity (Wildman–Crippen MR) is 130 cm³/mol. The molecule has 3 fully saturated rings. The Labute approximate surface area is 210 Å². The molecule has 8 heteroatoms. The number of aromatic nitrogens is 1. The van der Waals surface area contributed by atoms with Gasteiger partial charge in [0.05, 0.1) is 5.56 Å². The molecule has 1 aromatic heterocycles. The molecule has 5 rings (SSSR count). The van der Waals surface area contributed by atoms with E-state index >= 15 is 0 Å². The summed E-state index contributed by atoms with van der Waals surface area (Å²) < 4.78 is 38.4. The van der Waals surface area contributed by atoms with Crippen LogP contribution in [-0.2, 0) is 15.8 Å². The number of halogens is 3. The fourth-order valence-corrected chi connectivity index (χ4v) is 8.61. The van der Waals surface area contributed by atoms with Gasteiger partial charge in [-0.15, -0.1) is 0 Å². The van der Waals surface area contributed by atoms with E-state index in [1.54, 1.807) is 0 Å². The number of piperidine rings is 1. The first-order valence-corrected chi connectivity index (χ1v) is 13.1. The van der Waals surface area contributed by atoms with Crippen molar-refractivity contribution >= 4 is 17.6 Å². The lowest BCUT2D eigenvalue weighted by atomic mass is 9.48. The summed E-state index contributed by atoms with van der Waals surface area (Å²) in [6.45, 7) is 6.91. The number of carbonyl (C=O) groups excluding carboxylic acids is 2. The second-order valence-corrected chi connectivity index (χ2v) is 12.1. The number of allylic oxidation sites excluding steroid dienone is 2. The predicted octanol–water partition coefficient (Wildman–Crippen LogP) is 6.42. The van der Waals surface area contributed by atoms with Gasteiger partial charge >= 0.3 is 6.18 Å². The minimum Gasteiger partial charge on any atom is -0.319 e. The lowest BCUT2D eigenvalue weighted by Gasteiger charge is -2.59. The molecule has 1 aliphatic heterocycles. The summed E-state index contributed by atoms with van der Waals surface area (Å²) in [4.78, 5) is 31.1. The molecule has 0 bridgehead atoms. The van der Waals surface area contributed by atoms with E-state index in [0.717, 1.165) is 50.8 Å². The van der Waals surface area contributed by atoms with Crippen molar-refractivity contribution in [2.45, 2.75) is 78.3 Å². The van der Waals surface area contributed by atoms with Crippen LogP contribution >= 0.6 is 0 Å². The van der Waals surface area contributed by atoms with Gasteiger partial charge in [-0.2, -0.15) is 13.2 Å². The van der Waals surface area contributed by atoms with Gasteiger partial charge in [0.1, 0.15) is 5.82 Å². The average Bonchev–Trinajstić information content (AvgIpc) is 3.12. The number of nitrogens with zero attached hydrogens (tertiary/aromatic N) is 2. The van der Waals surface area contributed by atoms with Gasteiger partial charge in [0.25, 0.3) is 0 Å². The van der Waals surface area contributed by atoms with Gasteiger partial charge in [-0.3, -0.25) is 9.59 Å². The lowest BCUT2D eigenvalue weighted by Crippen LogP contribution is -2.54. The third-order valence-corrected chi connectivity index (χ3v) is 10.3. The largest absolute Gasteiger partial charge is 0.417 e. The Hall–Kier alpha value is -2.38. The van der Waals surface area contributed by atoms with Crippen LogP contribution in [0.2, 0.25) is 0 Å². The van der Waals surface area contributed by atoms with Crippen molar-refractivity contribution in [2.75, 3.05) is 12.4 Å². The van der Waals surface area contributed by atoms with Crippen LogP contribution in [0.1, 0.15) is 77.7 Å². The molecule has 2 amide bonds. The van der Waals surface area contributed by atoms with Crippen LogP contribution in [0.15, 0.2) is 29.6 Å².